The van der Waals surface area contributed by atoms with Gasteiger partial charge in [0, 0.05) is 0 Å². The molecule has 0 fully saturated rings. The average Bonchev–Trinajstić information content (AvgIpc) is 1.90. The normalized spacial score (nSPS) is 6.64. The molecule has 0 radical (unpaired) electrons. The van der Waals surface area contributed by atoms with Crippen LogP contribution in [-0.2, 0) is 6.42 Å². The van der Waals surface area contributed by atoms with Crippen LogP contribution < -0.4 is 0 Å². The second-order valence-electron chi connectivity index (χ2n) is 1.84. The predicted molar refractivity (Wildman–Crippen MR) is 49.0 cm³/mol. The van der Waals surface area contributed by atoms with Crippen molar-refractivity contribution >= 4 is 0 Å². The van der Waals surface area contributed by atoms with Gasteiger partial charge in [-0.2, -0.15) is 0 Å². The maximum Gasteiger partial charge on any atom is 0 e. The first-order chi connectivity index (χ1) is 3.93. The number of hydrogen-bond acceptors (Lipinski definition) is 0. The smallest absolute Gasteiger partial charge is 0 e. The third-order valence-electron chi connectivity index (χ3n) is 1.25. The molecule has 0 saturated carbocycles. The summed E-state index contributed by atoms with van der Waals surface area (Å²) < 4.78 is 0. The van der Waals surface area contributed by atoms with Crippen molar-refractivity contribution in [3.63, 3.8) is 0 Å². The Hall–Kier alpha value is -1.78. The Morgan fingerprint density at radius 3 is 1.82 bits per heavy atom. The third-order valence-corrected chi connectivity index (χ3v) is 1.25. The van der Waals surface area contributed by atoms with Crippen LogP contribution in [0.3, 0.4) is 0 Å². The van der Waals surface area contributed by atoms with E-state index in [1.165, 1.54) is 5.56 Å². The zero-order valence-electron chi connectivity index (χ0n) is 6.38. The standard InChI is InChI=1S/C8H10.CH4.CH3.Fm/c1-2-8-6-4-3-5-7-8;;;/h3-7H,2H2,1H3;1H4;1H3;/q;;-1;. The number of hydrogen-bond donors (Lipinski definition) is 0. The van der Waals surface area contributed by atoms with Crippen LogP contribution in [0.4, 0.5) is 0 Å². The van der Waals surface area contributed by atoms with Gasteiger partial charge in [-0.25, -0.2) is 0 Å². The van der Waals surface area contributed by atoms with Crippen molar-refractivity contribution in [2.24, 2.45) is 0 Å². The molecular weight excluding hydrogens is 377 g/mol. The van der Waals surface area contributed by atoms with E-state index in [0.717, 1.165) is 6.42 Å². The van der Waals surface area contributed by atoms with E-state index < -0.39 is 0 Å². The summed E-state index contributed by atoms with van der Waals surface area (Å²) >= 11 is 0. The summed E-state index contributed by atoms with van der Waals surface area (Å²) in [5.41, 5.74) is 1.41. The topological polar surface area (TPSA) is 0 Å². The summed E-state index contributed by atoms with van der Waals surface area (Å²) in [6, 6.07) is 10.5. The van der Waals surface area contributed by atoms with Crippen LogP contribution in [0.15, 0.2) is 30.3 Å². The molecule has 0 saturated heterocycles. The van der Waals surface area contributed by atoms with Gasteiger partial charge in [-0.1, -0.05) is 44.7 Å². The molecule has 0 aliphatic carbocycles. The van der Waals surface area contributed by atoms with E-state index in [-0.39, 0.29) is 14.9 Å². The van der Waals surface area contributed by atoms with Crippen molar-refractivity contribution in [3.8, 4) is 0 Å². The molecule has 0 aliphatic rings. The molecule has 0 aromatic heterocycles. The van der Waals surface area contributed by atoms with Crippen molar-refractivity contribution in [2.75, 3.05) is 0 Å². The fraction of sp³-hybridized carbons (Fsp3) is 0.300. The number of benzene rings is 1. The molecule has 0 N–H and O–H groups in total. The Balaban J connectivity index is -0.000000213. The summed E-state index contributed by atoms with van der Waals surface area (Å²) in [6.45, 7) is 2.16. The molecule has 1 heteroatoms. The molecule has 0 aliphatic heterocycles. The van der Waals surface area contributed by atoms with Crippen LogP contribution >= 0.6 is 0 Å². The molecule has 0 heterocycles. The maximum absolute atomic E-state index is 2.16. The van der Waals surface area contributed by atoms with E-state index >= 15 is 0 Å². The Morgan fingerprint density at radius 1 is 1.09 bits per heavy atom. The van der Waals surface area contributed by atoms with E-state index in [4.69, 9.17) is 0 Å². The minimum atomic E-state index is 0. The summed E-state index contributed by atoms with van der Waals surface area (Å²) in [4.78, 5) is 0. The monoisotopic (exact) mass is 394 g/mol. The molecule has 0 amide bonds. The van der Waals surface area contributed by atoms with E-state index in [1.807, 2.05) is 6.07 Å². The first kappa shape index (κ1) is 16.1. The van der Waals surface area contributed by atoms with Crippen LogP contribution in [0.2, 0.25) is 0 Å². The number of aryl methyl sites for hydroxylation is 1. The van der Waals surface area contributed by atoms with Crippen molar-refractivity contribution in [1.82, 2.24) is 0 Å². The van der Waals surface area contributed by atoms with E-state index in [9.17, 15) is 0 Å². The average molecular weight is 394 g/mol. The maximum atomic E-state index is 2.16. The molecule has 0 nitrogen and oxygen atoms in total. The Bertz CT molecular complexity index is 146. The van der Waals surface area contributed by atoms with E-state index in [2.05, 4.69) is 31.2 Å². The summed E-state index contributed by atoms with van der Waals surface area (Å²) in [6.07, 6.45) is 1.14. The quantitative estimate of drug-likeness (QED) is 0.642. The van der Waals surface area contributed by atoms with Gasteiger partial charge in [-0.3, -0.25) is 0 Å². The van der Waals surface area contributed by atoms with Crippen LogP contribution in [0, 0.1) is 7.43 Å². The molecule has 0 spiro atoms. The van der Waals surface area contributed by atoms with Crippen molar-refractivity contribution in [1.29, 1.82) is 0 Å². The van der Waals surface area contributed by atoms with E-state index in [0.29, 0.717) is 0 Å². The van der Waals surface area contributed by atoms with Gasteiger partial charge in [0.15, 0.2) is 0 Å². The largest absolute Gasteiger partial charge is 0.358 e. The molecule has 0 unspecified atom stereocenters. The molecule has 1 rings (SSSR count). The molecular formula is C10H17Fm-. The van der Waals surface area contributed by atoms with Gasteiger partial charge in [0.05, 0.1) is 0 Å². The zero-order valence-corrected chi connectivity index (χ0v) is 8.79. The van der Waals surface area contributed by atoms with Gasteiger partial charge in [-0.15, -0.1) is 0 Å². The predicted octanol–water partition coefficient (Wildman–Crippen LogP) is 3.34. The summed E-state index contributed by atoms with van der Waals surface area (Å²) in [5, 5.41) is 0. The Kier molecular flexibility index (Phi) is 12.0. The van der Waals surface area contributed by atoms with Crippen LogP contribution in [0.1, 0.15) is 19.9 Å². The molecule has 70 valence electrons. The second-order valence-corrected chi connectivity index (χ2v) is 1.84. The Labute approximate surface area is 64.9 Å². The third kappa shape index (κ3) is 4.71. The second kappa shape index (κ2) is 8.22. The first-order valence-corrected chi connectivity index (χ1v) is 2.97. The first-order valence-electron chi connectivity index (χ1n) is 2.97. The molecule has 0 bridgehead atoms. The molecule has 0 atom stereocenters. The summed E-state index contributed by atoms with van der Waals surface area (Å²) in [5.74, 6) is 0. The van der Waals surface area contributed by atoms with Crippen molar-refractivity contribution in [3.05, 3.63) is 43.3 Å². The fourth-order valence-electron chi connectivity index (χ4n) is 0.714. The van der Waals surface area contributed by atoms with Crippen molar-refractivity contribution in [2.45, 2.75) is 20.8 Å². The Morgan fingerprint density at radius 2 is 1.55 bits per heavy atom. The van der Waals surface area contributed by atoms with Crippen molar-refractivity contribution < 1.29 is 0 Å². The van der Waals surface area contributed by atoms with Gasteiger partial charge < -0.3 is 7.43 Å². The fourth-order valence-corrected chi connectivity index (χ4v) is 0.714. The zero-order chi connectivity index (χ0) is 5.82. The van der Waals surface area contributed by atoms with Crippen LogP contribution in [0.25, 0.3) is 0 Å². The van der Waals surface area contributed by atoms with Crippen LogP contribution in [-0.4, -0.2) is 0 Å². The molecule has 11 heavy (non-hydrogen) atoms. The van der Waals surface area contributed by atoms with Gasteiger partial charge >= 0.3 is 0 Å². The SMILES string of the molecule is C.CCc1ccccc1.[CH3-].[Fm]. The molecule has 1 aromatic rings. The minimum absolute atomic E-state index is 0. The minimum Gasteiger partial charge on any atom is -0.358 e. The van der Waals surface area contributed by atoms with Gasteiger partial charge in [-0.05, 0) is 12.0 Å². The van der Waals surface area contributed by atoms with E-state index in [1.54, 1.807) is 0 Å². The summed E-state index contributed by atoms with van der Waals surface area (Å²) in [7, 11) is 0. The van der Waals surface area contributed by atoms with Crippen LogP contribution in [0.5, 0.6) is 0 Å². The van der Waals surface area contributed by atoms with Gasteiger partial charge in [0.2, 0.25) is 0 Å². The number of rotatable bonds is 1. The molecule has 1 aromatic carbocycles. The van der Waals surface area contributed by atoms with Gasteiger partial charge in [0.25, 0.3) is 0 Å². The van der Waals surface area contributed by atoms with Gasteiger partial charge in [0.1, 0.15) is 0 Å².